The van der Waals surface area contributed by atoms with Crippen molar-refractivity contribution in [2.45, 2.75) is 12.8 Å². The summed E-state index contributed by atoms with van der Waals surface area (Å²) in [6.07, 6.45) is 2.26. The van der Waals surface area contributed by atoms with E-state index in [2.05, 4.69) is 20.9 Å². The highest BCUT2D eigenvalue weighted by molar-refractivity contribution is 6.16. The first-order chi connectivity index (χ1) is 18.3. The maximum absolute atomic E-state index is 15.0. The highest BCUT2D eigenvalue weighted by Gasteiger charge is 2.56. The van der Waals surface area contributed by atoms with Crippen molar-refractivity contribution < 1.29 is 27.8 Å². The number of carbonyl (C=O) groups is 2. The minimum Gasteiger partial charge on any atom is -0.495 e. The molecule has 3 aromatic carbocycles. The number of ether oxygens (including phenoxy) is 2. The van der Waals surface area contributed by atoms with Crippen molar-refractivity contribution in [1.82, 2.24) is 4.98 Å². The number of methoxy groups -OCH3 is 1. The first-order valence-electron chi connectivity index (χ1n) is 11.8. The number of aromatic nitrogens is 1. The number of carbonyl (C=O) groups excluding carboxylic acids is 2. The quantitative estimate of drug-likeness (QED) is 0.258. The number of hydrogen-bond acceptors (Lipinski definition) is 6. The number of benzene rings is 3. The Balaban J connectivity index is 1.31. The molecule has 0 atom stereocenters. The van der Waals surface area contributed by atoms with E-state index in [1.807, 2.05) is 0 Å². The largest absolute Gasteiger partial charge is 0.495 e. The van der Waals surface area contributed by atoms with Crippen molar-refractivity contribution in [2.24, 2.45) is 5.41 Å². The standard InChI is InChI=1S/C28H24F2N4O4/c1-31-22-15-21-19(14-25(22)37-2)23(9-12-32-21)38-24-8-7-18(13-20(24)30)34-27(36)28(10-11-28)26(35)33-17-5-3-16(29)4-6-17/h3-9,12-15,31H,10-11H2,1-2H3,(H,33,35)(H,34,36). The lowest BCUT2D eigenvalue weighted by Crippen LogP contribution is -2.35. The summed E-state index contributed by atoms with van der Waals surface area (Å²) in [7, 11) is 3.31. The molecule has 1 fully saturated rings. The first-order valence-corrected chi connectivity index (χ1v) is 11.8. The van der Waals surface area contributed by atoms with Crippen molar-refractivity contribution >= 4 is 39.8 Å². The molecule has 10 heteroatoms. The van der Waals surface area contributed by atoms with Crippen LogP contribution >= 0.6 is 0 Å². The molecule has 1 heterocycles. The average Bonchev–Trinajstić information content (AvgIpc) is 3.73. The summed E-state index contributed by atoms with van der Waals surface area (Å²) in [6.45, 7) is 0. The van der Waals surface area contributed by atoms with Crippen LogP contribution in [0.4, 0.5) is 25.8 Å². The predicted octanol–water partition coefficient (Wildman–Crippen LogP) is 5.71. The van der Waals surface area contributed by atoms with Crippen LogP contribution in [-0.2, 0) is 9.59 Å². The number of hydrogen-bond donors (Lipinski definition) is 3. The molecule has 0 aliphatic heterocycles. The van der Waals surface area contributed by atoms with Crippen LogP contribution in [0.3, 0.4) is 0 Å². The zero-order valence-corrected chi connectivity index (χ0v) is 20.6. The van der Waals surface area contributed by atoms with Gasteiger partial charge in [-0.05, 0) is 67.4 Å². The van der Waals surface area contributed by atoms with Gasteiger partial charge < -0.3 is 25.4 Å². The van der Waals surface area contributed by atoms with Gasteiger partial charge >= 0.3 is 0 Å². The van der Waals surface area contributed by atoms with Gasteiger partial charge in [0.2, 0.25) is 11.8 Å². The summed E-state index contributed by atoms with van der Waals surface area (Å²) in [4.78, 5) is 30.0. The van der Waals surface area contributed by atoms with E-state index in [1.54, 1.807) is 38.6 Å². The zero-order chi connectivity index (χ0) is 26.9. The van der Waals surface area contributed by atoms with Crippen LogP contribution in [0.15, 0.2) is 66.9 Å². The Morgan fingerprint density at radius 2 is 1.55 bits per heavy atom. The fourth-order valence-corrected chi connectivity index (χ4v) is 4.10. The normalized spacial score (nSPS) is 13.5. The molecule has 0 bridgehead atoms. The van der Waals surface area contributed by atoms with Crippen molar-refractivity contribution in [3.63, 3.8) is 0 Å². The molecule has 38 heavy (non-hydrogen) atoms. The molecule has 4 aromatic rings. The summed E-state index contributed by atoms with van der Waals surface area (Å²) in [5.41, 5.74) is 0.676. The lowest BCUT2D eigenvalue weighted by molar-refractivity contribution is -0.131. The Kier molecular flexibility index (Phi) is 6.54. The number of anilines is 3. The molecule has 1 aliphatic rings. The van der Waals surface area contributed by atoms with Crippen LogP contribution < -0.4 is 25.4 Å². The van der Waals surface area contributed by atoms with E-state index in [0.717, 1.165) is 11.8 Å². The smallest absolute Gasteiger partial charge is 0.240 e. The summed E-state index contributed by atoms with van der Waals surface area (Å²) < 4.78 is 39.4. The number of amides is 2. The third-order valence-corrected chi connectivity index (χ3v) is 6.42. The molecule has 5 rings (SSSR count). The molecule has 0 unspecified atom stereocenters. The average molecular weight is 519 g/mol. The number of nitrogens with zero attached hydrogens (tertiary/aromatic N) is 1. The Hall–Kier alpha value is -4.73. The molecule has 194 valence electrons. The van der Waals surface area contributed by atoms with Crippen LogP contribution in [0.5, 0.6) is 17.2 Å². The Labute approximate surface area is 217 Å². The summed E-state index contributed by atoms with van der Waals surface area (Å²) in [6, 6.07) is 14.4. The van der Waals surface area contributed by atoms with Gasteiger partial charge in [0.25, 0.3) is 0 Å². The number of pyridine rings is 1. The van der Waals surface area contributed by atoms with Crippen molar-refractivity contribution in [2.75, 3.05) is 30.1 Å². The highest BCUT2D eigenvalue weighted by atomic mass is 19.1. The summed E-state index contributed by atoms with van der Waals surface area (Å²) >= 11 is 0. The van der Waals surface area contributed by atoms with Gasteiger partial charge in [-0.2, -0.15) is 0 Å². The second-order valence-corrected chi connectivity index (χ2v) is 8.87. The predicted molar refractivity (Wildman–Crippen MR) is 140 cm³/mol. The molecule has 1 aliphatic carbocycles. The minimum atomic E-state index is -1.26. The molecule has 0 radical (unpaired) electrons. The van der Waals surface area contributed by atoms with E-state index in [0.29, 0.717) is 40.9 Å². The number of halogens is 2. The molecule has 3 N–H and O–H groups in total. The van der Waals surface area contributed by atoms with Crippen LogP contribution in [0.25, 0.3) is 10.9 Å². The SMILES string of the molecule is CNc1cc2nccc(Oc3ccc(NC(=O)C4(C(=O)Nc5ccc(F)cc5)CC4)cc3F)c2cc1OC. The Bertz CT molecular complexity index is 1540. The third-order valence-electron chi connectivity index (χ3n) is 6.42. The third kappa shape index (κ3) is 4.80. The van der Waals surface area contributed by atoms with Crippen molar-refractivity contribution in [1.29, 1.82) is 0 Å². The molecular weight excluding hydrogens is 494 g/mol. The van der Waals surface area contributed by atoms with E-state index in [1.165, 1.54) is 36.4 Å². The molecule has 1 saturated carbocycles. The second kappa shape index (κ2) is 9.97. The van der Waals surface area contributed by atoms with E-state index >= 15 is 4.39 Å². The zero-order valence-electron chi connectivity index (χ0n) is 20.6. The van der Waals surface area contributed by atoms with Crippen LogP contribution in [0.1, 0.15) is 12.8 Å². The molecule has 0 saturated heterocycles. The lowest BCUT2D eigenvalue weighted by Gasteiger charge is -2.16. The Morgan fingerprint density at radius 1 is 0.868 bits per heavy atom. The van der Waals surface area contributed by atoms with Gasteiger partial charge in [-0.25, -0.2) is 8.78 Å². The van der Waals surface area contributed by atoms with E-state index in [-0.39, 0.29) is 11.4 Å². The van der Waals surface area contributed by atoms with Gasteiger partial charge in [0.15, 0.2) is 11.6 Å². The van der Waals surface area contributed by atoms with Gasteiger partial charge in [-0.3, -0.25) is 14.6 Å². The number of nitrogens with one attached hydrogen (secondary N) is 3. The van der Waals surface area contributed by atoms with Gasteiger partial charge in [0, 0.05) is 36.1 Å². The minimum absolute atomic E-state index is 0.0534. The topological polar surface area (TPSA) is 102 Å². The van der Waals surface area contributed by atoms with Crippen LogP contribution in [0.2, 0.25) is 0 Å². The van der Waals surface area contributed by atoms with Gasteiger partial charge in [0.05, 0.1) is 18.3 Å². The first kappa shape index (κ1) is 24.9. The van der Waals surface area contributed by atoms with Crippen molar-refractivity contribution in [3.05, 3.63) is 78.5 Å². The maximum Gasteiger partial charge on any atom is 0.240 e. The monoisotopic (exact) mass is 518 g/mol. The van der Waals surface area contributed by atoms with Crippen LogP contribution in [0, 0.1) is 17.0 Å². The molecule has 2 amide bonds. The summed E-state index contributed by atoms with van der Waals surface area (Å²) in [5, 5.41) is 8.92. The van der Waals surface area contributed by atoms with Gasteiger partial charge in [0.1, 0.15) is 22.7 Å². The molecule has 8 nitrogen and oxygen atoms in total. The van der Waals surface area contributed by atoms with Gasteiger partial charge in [-0.15, -0.1) is 0 Å². The fourth-order valence-electron chi connectivity index (χ4n) is 4.10. The van der Waals surface area contributed by atoms with E-state index in [9.17, 15) is 14.0 Å². The highest BCUT2D eigenvalue weighted by Crippen LogP contribution is 2.47. The maximum atomic E-state index is 15.0. The number of rotatable bonds is 8. The van der Waals surface area contributed by atoms with Crippen molar-refractivity contribution in [3.8, 4) is 17.2 Å². The van der Waals surface area contributed by atoms with Crippen LogP contribution in [-0.4, -0.2) is 31.0 Å². The number of fused-ring (bicyclic) bond motifs is 1. The Morgan fingerprint density at radius 3 is 2.18 bits per heavy atom. The van der Waals surface area contributed by atoms with E-state index < -0.39 is 28.9 Å². The molecule has 1 aromatic heterocycles. The fraction of sp³-hybridized carbons (Fsp3) is 0.179. The molecular formula is C28H24F2N4O4. The van der Waals surface area contributed by atoms with E-state index in [4.69, 9.17) is 9.47 Å². The second-order valence-electron chi connectivity index (χ2n) is 8.87. The summed E-state index contributed by atoms with van der Waals surface area (Å²) in [5.74, 6) is -1.28. The van der Waals surface area contributed by atoms with Gasteiger partial charge in [-0.1, -0.05) is 0 Å². The molecule has 0 spiro atoms. The lowest BCUT2D eigenvalue weighted by atomic mass is 10.0.